The standard InChI is InChI=1S/C18H28N2O/c1-13-9-16(11-18(2,3)10-13)21-17-14(5-4-8-19-17)12-20-15-6-7-15/h4-5,8,13,15-16,20H,6-7,9-12H2,1-3H3. The van der Waals surface area contributed by atoms with E-state index in [4.69, 9.17) is 4.74 Å². The lowest BCUT2D eigenvalue weighted by molar-refractivity contribution is 0.0525. The zero-order chi connectivity index (χ0) is 14.9. The summed E-state index contributed by atoms with van der Waals surface area (Å²) in [5, 5.41) is 3.56. The van der Waals surface area contributed by atoms with Gasteiger partial charge in [-0.3, -0.25) is 0 Å². The molecule has 2 aliphatic carbocycles. The molecule has 116 valence electrons. The summed E-state index contributed by atoms with van der Waals surface area (Å²) < 4.78 is 6.29. The molecule has 1 heterocycles. The predicted octanol–water partition coefficient (Wildman–Crippen LogP) is 3.93. The highest BCUT2D eigenvalue weighted by Gasteiger charge is 2.33. The van der Waals surface area contributed by atoms with Gasteiger partial charge in [-0.2, -0.15) is 0 Å². The summed E-state index contributed by atoms with van der Waals surface area (Å²) in [6.07, 6.45) is 8.34. The van der Waals surface area contributed by atoms with E-state index in [2.05, 4.69) is 37.1 Å². The molecule has 21 heavy (non-hydrogen) atoms. The minimum Gasteiger partial charge on any atom is -0.474 e. The van der Waals surface area contributed by atoms with Crippen LogP contribution in [0.1, 0.15) is 58.4 Å². The van der Waals surface area contributed by atoms with E-state index in [1.165, 1.54) is 24.8 Å². The van der Waals surface area contributed by atoms with Crippen molar-refractivity contribution in [1.29, 1.82) is 0 Å². The second-order valence-corrected chi connectivity index (χ2v) is 7.78. The maximum absolute atomic E-state index is 6.29. The van der Waals surface area contributed by atoms with Gasteiger partial charge in [0.15, 0.2) is 0 Å². The Morgan fingerprint density at radius 1 is 1.33 bits per heavy atom. The van der Waals surface area contributed by atoms with Gasteiger partial charge >= 0.3 is 0 Å². The zero-order valence-electron chi connectivity index (χ0n) is 13.6. The predicted molar refractivity (Wildman–Crippen MR) is 85.3 cm³/mol. The van der Waals surface area contributed by atoms with Crippen LogP contribution >= 0.6 is 0 Å². The largest absolute Gasteiger partial charge is 0.474 e. The van der Waals surface area contributed by atoms with Crippen molar-refractivity contribution >= 4 is 0 Å². The van der Waals surface area contributed by atoms with Crippen LogP contribution in [0.25, 0.3) is 0 Å². The average molecular weight is 288 g/mol. The molecule has 2 fully saturated rings. The molecule has 3 nitrogen and oxygen atoms in total. The molecule has 0 bridgehead atoms. The topological polar surface area (TPSA) is 34.1 Å². The summed E-state index contributed by atoms with van der Waals surface area (Å²) >= 11 is 0. The molecular weight excluding hydrogens is 260 g/mol. The molecule has 0 aliphatic heterocycles. The van der Waals surface area contributed by atoms with Crippen molar-refractivity contribution in [2.45, 2.75) is 71.6 Å². The molecule has 1 N–H and O–H groups in total. The summed E-state index contributed by atoms with van der Waals surface area (Å²) in [4.78, 5) is 4.48. The molecule has 0 amide bonds. The van der Waals surface area contributed by atoms with Gasteiger partial charge in [-0.1, -0.05) is 26.8 Å². The molecule has 3 heteroatoms. The zero-order valence-corrected chi connectivity index (χ0v) is 13.6. The maximum Gasteiger partial charge on any atom is 0.218 e. The first-order chi connectivity index (χ1) is 10.0. The van der Waals surface area contributed by atoms with Crippen LogP contribution in [0.3, 0.4) is 0 Å². The fraction of sp³-hybridized carbons (Fsp3) is 0.722. The lowest BCUT2D eigenvalue weighted by Gasteiger charge is -2.38. The van der Waals surface area contributed by atoms with Crippen LogP contribution in [-0.2, 0) is 6.54 Å². The van der Waals surface area contributed by atoms with Crippen molar-refractivity contribution < 1.29 is 4.74 Å². The van der Waals surface area contributed by atoms with Gasteiger partial charge in [-0.15, -0.1) is 0 Å². The smallest absolute Gasteiger partial charge is 0.218 e. The molecule has 2 saturated carbocycles. The molecule has 2 unspecified atom stereocenters. The van der Waals surface area contributed by atoms with Crippen LogP contribution in [0.5, 0.6) is 5.88 Å². The van der Waals surface area contributed by atoms with Gasteiger partial charge in [-0.25, -0.2) is 4.98 Å². The lowest BCUT2D eigenvalue weighted by atomic mass is 9.71. The van der Waals surface area contributed by atoms with E-state index in [-0.39, 0.29) is 0 Å². The van der Waals surface area contributed by atoms with Gasteiger partial charge in [0.2, 0.25) is 5.88 Å². The van der Waals surface area contributed by atoms with Gasteiger partial charge in [0.05, 0.1) is 0 Å². The van der Waals surface area contributed by atoms with Crippen molar-refractivity contribution in [2.24, 2.45) is 11.3 Å². The normalized spacial score (nSPS) is 28.3. The molecule has 0 spiro atoms. The third-order valence-electron chi connectivity index (χ3n) is 4.63. The fourth-order valence-electron chi connectivity index (χ4n) is 3.71. The summed E-state index contributed by atoms with van der Waals surface area (Å²) in [5.74, 6) is 1.57. The van der Waals surface area contributed by atoms with Crippen LogP contribution in [0, 0.1) is 11.3 Å². The second kappa shape index (κ2) is 5.96. The quantitative estimate of drug-likeness (QED) is 0.891. The van der Waals surface area contributed by atoms with E-state index in [0.717, 1.165) is 31.2 Å². The number of ether oxygens (including phenoxy) is 1. The number of nitrogens with zero attached hydrogens (tertiary/aromatic N) is 1. The Morgan fingerprint density at radius 3 is 2.86 bits per heavy atom. The molecule has 2 aliphatic rings. The van der Waals surface area contributed by atoms with E-state index in [1.807, 2.05) is 12.3 Å². The minimum atomic E-state index is 0.304. The Balaban J connectivity index is 1.65. The number of hydrogen-bond acceptors (Lipinski definition) is 3. The van der Waals surface area contributed by atoms with E-state index >= 15 is 0 Å². The van der Waals surface area contributed by atoms with E-state index in [9.17, 15) is 0 Å². The van der Waals surface area contributed by atoms with E-state index < -0.39 is 0 Å². The Hall–Kier alpha value is -1.09. The van der Waals surface area contributed by atoms with Crippen molar-refractivity contribution in [3.63, 3.8) is 0 Å². The third kappa shape index (κ3) is 4.19. The molecule has 1 aromatic rings. The first-order valence-electron chi connectivity index (χ1n) is 8.36. The van der Waals surface area contributed by atoms with E-state index in [1.54, 1.807) is 0 Å². The molecular formula is C18H28N2O. The van der Waals surface area contributed by atoms with Crippen molar-refractivity contribution in [2.75, 3.05) is 0 Å². The van der Waals surface area contributed by atoms with Gasteiger partial charge in [-0.05, 0) is 49.5 Å². The number of hydrogen-bond donors (Lipinski definition) is 1. The summed E-state index contributed by atoms with van der Waals surface area (Å²) in [6.45, 7) is 7.92. The SMILES string of the molecule is CC1CC(Oc2ncccc2CNC2CC2)CC(C)(C)C1. The van der Waals surface area contributed by atoms with E-state index in [0.29, 0.717) is 17.6 Å². The van der Waals surface area contributed by atoms with Crippen molar-refractivity contribution in [3.05, 3.63) is 23.9 Å². The highest BCUT2D eigenvalue weighted by molar-refractivity contribution is 5.25. The molecule has 2 atom stereocenters. The van der Waals surface area contributed by atoms with Crippen LogP contribution < -0.4 is 10.1 Å². The molecule has 3 rings (SSSR count). The average Bonchev–Trinajstić information content (AvgIpc) is 3.19. The van der Waals surface area contributed by atoms with Crippen molar-refractivity contribution in [3.8, 4) is 5.88 Å². The number of pyridine rings is 1. The van der Waals surface area contributed by atoms with Gasteiger partial charge < -0.3 is 10.1 Å². The van der Waals surface area contributed by atoms with Gasteiger partial charge in [0.1, 0.15) is 6.10 Å². The Labute approximate surface area is 128 Å². The number of aromatic nitrogens is 1. The molecule has 0 saturated heterocycles. The Morgan fingerprint density at radius 2 is 2.14 bits per heavy atom. The number of rotatable bonds is 5. The summed E-state index contributed by atoms with van der Waals surface area (Å²) in [7, 11) is 0. The van der Waals surface area contributed by atoms with Crippen LogP contribution in [0.2, 0.25) is 0 Å². The second-order valence-electron chi connectivity index (χ2n) is 7.78. The fourth-order valence-corrected chi connectivity index (χ4v) is 3.71. The lowest BCUT2D eigenvalue weighted by Crippen LogP contribution is -2.34. The van der Waals surface area contributed by atoms with Crippen LogP contribution in [0.4, 0.5) is 0 Å². The summed E-state index contributed by atoms with van der Waals surface area (Å²) in [5.41, 5.74) is 1.57. The van der Waals surface area contributed by atoms with Crippen LogP contribution in [-0.4, -0.2) is 17.1 Å². The molecule has 0 radical (unpaired) electrons. The minimum absolute atomic E-state index is 0.304. The van der Waals surface area contributed by atoms with Gasteiger partial charge in [0.25, 0.3) is 0 Å². The third-order valence-corrected chi connectivity index (χ3v) is 4.63. The molecule has 1 aromatic heterocycles. The maximum atomic E-state index is 6.29. The first kappa shape index (κ1) is 14.8. The summed E-state index contributed by atoms with van der Waals surface area (Å²) in [6, 6.07) is 4.85. The monoisotopic (exact) mass is 288 g/mol. The van der Waals surface area contributed by atoms with Crippen LogP contribution in [0.15, 0.2) is 18.3 Å². The number of nitrogens with one attached hydrogen (secondary N) is 1. The highest BCUT2D eigenvalue weighted by Crippen LogP contribution is 2.40. The first-order valence-corrected chi connectivity index (χ1v) is 8.36. The Bertz CT molecular complexity index is 482. The van der Waals surface area contributed by atoms with Gasteiger partial charge in [0, 0.05) is 24.3 Å². The highest BCUT2D eigenvalue weighted by atomic mass is 16.5. The Kier molecular flexibility index (Phi) is 4.21. The molecule has 0 aromatic carbocycles. The van der Waals surface area contributed by atoms with Crippen molar-refractivity contribution in [1.82, 2.24) is 10.3 Å².